The molecule has 1 atom stereocenters. The normalized spacial score (nSPS) is 12.8. The van der Waals surface area contributed by atoms with E-state index in [1.54, 1.807) is 6.92 Å². The van der Waals surface area contributed by atoms with Crippen molar-refractivity contribution >= 4 is 21.9 Å². The molecule has 1 aromatic rings. The summed E-state index contributed by atoms with van der Waals surface area (Å²) < 4.78 is 2.84. The van der Waals surface area contributed by atoms with Gasteiger partial charge in [-0.05, 0) is 29.3 Å². The van der Waals surface area contributed by atoms with Crippen LogP contribution in [0.3, 0.4) is 0 Å². The number of aromatic nitrogens is 2. The van der Waals surface area contributed by atoms with Crippen LogP contribution in [0.5, 0.6) is 0 Å². The van der Waals surface area contributed by atoms with Crippen LogP contribution in [0.2, 0.25) is 0 Å². The summed E-state index contributed by atoms with van der Waals surface area (Å²) in [6.45, 7) is 6.53. The van der Waals surface area contributed by atoms with Crippen molar-refractivity contribution in [2.75, 3.05) is 0 Å². The summed E-state index contributed by atoms with van der Waals surface area (Å²) in [5, 5.41) is 13.4. The number of hydrogen-bond acceptors (Lipinski definition) is 2. The van der Waals surface area contributed by atoms with Crippen LogP contribution in [0, 0.1) is 5.92 Å². The maximum Gasteiger partial charge on any atom is 0.306 e. The molecule has 0 radical (unpaired) electrons. The quantitative estimate of drug-likeness (QED) is 0.906. The molecular formula is C11H17BrN2O2. The summed E-state index contributed by atoms with van der Waals surface area (Å²) in [4.78, 5) is 10.8. The lowest BCUT2D eigenvalue weighted by Crippen LogP contribution is -2.15. The number of aryl methyl sites for hydroxylation is 2. The summed E-state index contributed by atoms with van der Waals surface area (Å²) in [6.07, 6.45) is 1.36. The highest BCUT2D eigenvalue weighted by Gasteiger charge is 2.19. The Kier molecular flexibility index (Phi) is 4.53. The lowest BCUT2D eigenvalue weighted by Gasteiger charge is -2.08. The fourth-order valence-corrected chi connectivity index (χ4v) is 2.32. The number of aliphatic carboxylic acids is 1. The zero-order valence-electron chi connectivity index (χ0n) is 9.83. The van der Waals surface area contributed by atoms with E-state index < -0.39 is 5.97 Å². The SMILES string of the molecule is CCc1nn(CC)c(CC(C)C(=O)O)c1Br. The average molecular weight is 289 g/mol. The van der Waals surface area contributed by atoms with Gasteiger partial charge in [0.1, 0.15) is 0 Å². The zero-order valence-corrected chi connectivity index (χ0v) is 11.4. The second-order valence-electron chi connectivity index (χ2n) is 3.82. The molecule has 0 spiro atoms. The number of nitrogens with zero attached hydrogens (tertiary/aromatic N) is 2. The molecule has 1 aromatic heterocycles. The Balaban J connectivity index is 3.01. The van der Waals surface area contributed by atoms with E-state index in [1.165, 1.54) is 0 Å². The Bertz CT molecular complexity index is 388. The maximum atomic E-state index is 10.8. The van der Waals surface area contributed by atoms with E-state index in [2.05, 4.69) is 21.0 Å². The number of carboxylic acids is 1. The lowest BCUT2D eigenvalue weighted by atomic mass is 10.1. The highest BCUT2D eigenvalue weighted by Crippen LogP contribution is 2.24. The largest absolute Gasteiger partial charge is 0.481 e. The molecule has 0 aliphatic heterocycles. The maximum absolute atomic E-state index is 10.8. The van der Waals surface area contributed by atoms with Crippen molar-refractivity contribution in [1.82, 2.24) is 9.78 Å². The van der Waals surface area contributed by atoms with Crippen LogP contribution in [0.4, 0.5) is 0 Å². The van der Waals surface area contributed by atoms with Crippen LogP contribution in [0.15, 0.2) is 4.47 Å². The zero-order chi connectivity index (χ0) is 12.3. The highest BCUT2D eigenvalue weighted by molar-refractivity contribution is 9.10. The molecule has 90 valence electrons. The minimum atomic E-state index is -0.770. The molecule has 4 nitrogen and oxygen atoms in total. The number of halogens is 1. The van der Waals surface area contributed by atoms with E-state index in [-0.39, 0.29) is 5.92 Å². The van der Waals surface area contributed by atoms with E-state index in [4.69, 9.17) is 5.11 Å². The smallest absolute Gasteiger partial charge is 0.306 e. The number of carbonyl (C=O) groups is 1. The average Bonchev–Trinajstić information content (AvgIpc) is 2.55. The highest BCUT2D eigenvalue weighted by atomic mass is 79.9. The molecule has 0 aliphatic rings. The molecule has 0 bridgehead atoms. The van der Waals surface area contributed by atoms with E-state index in [0.717, 1.165) is 28.8 Å². The topological polar surface area (TPSA) is 55.1 Å². The number of rotatable bonds is 5. The van der Waals surface area contributed by atoms with Gasteiger partial charge in [-0.3, -0.25) is 9.48 Å². The van der Waals surface area contributed by atoms with Crippen LogP contribution in [-0.4, -0.2) is 20.9 Å². The van der Waals surface area contributed by atoms with Crippen molar-refractivity contribution < 1.29 is 9.90 Å². The molecule has 0 saturated heterocycles. The van der Waals surface area contributed by atoms with E-state index >= 15 is 0 Å². The van der Waals surface area contributed by atoms with Crippen molar-refractivity contribution in [1.29, 1.82) is 0 Å². The molecule has 1 rings (SSSR count). The lowest BCUT2D eigenvalue weighted by molar-refractivity contribution is -0.141. The van der Waals surface area contributed by atoms with Gasteiger partial charge in [-0.15, -0.1) is 0 Å². The third-order valence-corrected chi connectivity index (χ3v) is 3.53. The van der Waals surface area contributed by atoms with Crippen molar-refractivity contribution in [3.8, 4) is 0 Å². The molecule has 1 unspecified atom stereocenters. The molecule has 0 aromatic carbocycles. The van der Waals surface area contributed by atoms with Gasteiger partial charge in [-0.25, -0.2) is 0 Å². The number of carboxylic acid groups (broad SMARTS) is 1. The van der Waals surface area contributed by atoms with Crippen molar-refractivity contribution in [3.63, 3.8) is 0 Å². The van der Waals surface area contributed by atoms with E-state index in [9.17, 15) is 4.79 Å². The van der Waals surface area contributed by atoms with Crippen LogP contribution in [0.1, 0.15) is 32.2 Å². The summed E-state index contributed by atoms with van der Waals surface area (Å²) in [7, 11) is 0. The first-order valence-electron chi connectivity index (χ1n) is 5.48. The first-order valence-corrected chi connectivity index (χ1v) is 6.27. The Hall–Kier alpha value is -0.840. The second-order valence-corrected chi connectivity index (χ2v) is 4.61. The monoisotopic (exact) mass is 288 g/mol. The third-order valence-electron chi connectivity index (χ3n) is 2.62. The summed E-state index contributed by atoms with van der Waals surface area (Å²) in [5.41, 5.74) is 1.98. The van der Waals surface area contributed by atoms with E-state index in [0.29, 0.717) is 6.42 Å². The molecule has 0 amide bonds. The van der Waals surface area contributed by atoms with Crippen molar-refractivity contribution in [3.05, 3.63) is 15.9 Å². The Morgan fingerprint density at radius 1 is 1.56 bits per heavy atom. The third kappa shape index (κ3) is 2.64. The van der Waals surface area contributed by atoms with Gasteiger partial charge in [0.25, 0.3) is 0 Å². The van der Waals surface area contributed by atoms with Gasteiger partial charge in [-0.1, -0.05) is 13.8 Å². The first kappa shape index (κ1) is 13.2. The summed E-state index contributed by atoms with van der Waals surface area (Å²) >= 11 is 3.50. The fraction of sp³-hybridized carbons (Fsp3) is 0.636. The van der Waals surface area contributed by atoms with Gasteiger partial charge in [0, 0.05) is 13.0 Å². The fourth-order valence-electron chi connectivity index (χ4n) is 1.59. The summed E-state index contributed by atoms with van der Waals surface area (Å²) in [6, 6.07) is 0. The van der Waals surface area contributed by atoms with Gasteiger partial charge >= 0.3 is 5.97 Å². The predicted octanol–water partition coefficient (Wildman–Crippen LogP) is 2.49. The van der Waals surface area contributed by atoms with Gasteiger partial charge in [0.2, 0.25) is 0 Å². The van der Waals surface area contributed by atoms with Crippen LogP contribution < -0.4 is 0 Å². The van der Waals surface area contributed by atoms with Crippen molar-refractivity contribution in [2.45, 2.75) is 40.2 Å². The van der Waals surface area contributed by atoms with Gasteiger partial charge < -0.3 is 5.11 Å². The van der Waals surface area contributed by atoms with E-state index in [1.807, 2.05) is 18.5 Å². The second kappa shape index (κ2) is 5.48. The molecule has 16 heavy (non-hydrogen) atoms. The molecule has 0 aliphatic carbocycles. The molecule has 1 N–H and O–H groups in total. The molecule has 0 fully saturated rings. The Morgan fingerprint density at radius 2 is 2.19 bits per heavy atom. The van der Waals surface area contributed by atoms with Crippen molar-refractivity contribution in [2.24, 2.45) is 5.92 Å². The van der Waals surface area contributed by atoms with Gasteiger partial charge in [-0.2, -0.15) is 5.10 Å². The first-order chi connectivity index (χ1) is 7.51. The summed E-state index contributed by atoms with van der Waals surface area (Å²) in [5.74, 6) is -1.16. The van der Waals surface area contributed by atoms with Crippen LogP contribution in [-0.2, 0) is 24.2 Å². The van der Waals surface area contributed by atoms with Gasteiger partial charge in [0.05, 0.1) is 21.8 Å². The Labute approximate surface area is 104 Å². The predicted molar refractivity (Wildman–Crippen MR) is 65.5 cm³/mol. The van der Waals surface area contributed by atoms with Crippen LogP contribution in [0.25, 0.3) is 0 Å². The minimum Gasteiger partial charge on any atom is -0.481 e. The molecule has 0 saturated carbocycles. The molecular weight excluding hydrogens is 272 g/mol. The molecule has 1 heterocycles. The van der Waals surface area contributed by atoms with Crippen LogP contribution >= 0.6 is 15.9 Å². The molecule has 5 heteroatoms. The van der Waals surface area contributed by atoms with Gasteiger partial charge in [0.15, 0.2) is 0 Å². The Morgan fingerprint density at radius 3 is 2.62 bits per heavy atom. The standard InChI is InChI=1S/C11H17BrN2O2/c1-4-8-10(12)9(14(5-2)13-8)6-7(3)11(15)16/h7H,4-6H2,1-3H3,(H,15,16). The number of hydrogen-bond donors (Lipinski definition) is 1. The minimum absolute atomic E-state index is 0.386.